The van der Waals surface area contributed by atoms with Crippen LogP contribution in [0, 0.1) is 5.82 Å². The van der Waals surface area contributed by atoms with Gasteiger partial charge in [-0.05, 0) is 42.3 Å². The van der Waals surface area contributed by atoms with Crippen molar-refractivity contribution in [1.82, 2.24) is 4.31 Å². The summed E-state index contributed by atoms with van der Waals surface area (Å²) in [7, 11) is -3.77. The molecule has 0 spiro atoms. The molecule has 1 aliphatic rings. The van der Waals surface area contributed by atoms with E-state index in [1.54, 1.807) is 12.1 Å². The van der Waals surface area contributed by atoms with Crippen molar-refractivity contribution in [3.8, 4) is 5.75 Å². The van der Waals surface area contributed by atoms with Crippen LogP contribution < -0.4 is 4.74 Å². The lowest BCUT2D eigenvalue weighted by Gasteiger charge is -2.19. The average molecular weight is 379 g/mol. The lowest BCUT2D eigenvalue weighted by molar-refractivity contribution is -0.136. The molecule has 0 bridgehead atoms. The molecule has 1 heterocycles. The van der Waals surface area contributed by atoms with Gasteiger partial charge < -0.3 is 9.84 Å². The second-order valence-electron chi connectivity index (χ2n) is 5.98. The topological polar surface area (TPSA) is 83.9 Å². The Balaban J connectivity index is 1.82. The van der Waals surface area contributed by atoms with E-state index >= 15 is 0 Å². The highest BCUT2D eigenvalue weighted by Crippen LogP contribution is 2.27. The zero-order chi connectivity index (χ0) is 18.7. The fraction of sp³-hybridized carbons (Fsp3) is 0.278. The number of rotatable bonds is 5. The molecule has 3 rings (SSSR count). The van der Waals surface area contributed by atoms with E-state index in [0.29, 0.717) is 17.7 Å². The van der Waals surface area contributed by atoms with Crippen molar-refractivity contribution in [2.24, 2.45) is 0 Å². The van der Waals surface area contributed by atoms with E-state index in [4.69, 9.17) is 9.84 Å². The molecule has 6 nitrogen and oxygen atoms in total. The van der Waals surface area contributed by atoms with Gasteiger partial charge in [0.15, 0.2) is 0 Å². The van der Waals surface area contributed by atoms with Crippen molar-refractivity contribution < 1.29 is 27.4 Å². The molecule has 0 saturated heterocycles. The number of ether oxygens (including phenoxy) is 1. The highest BCUT2D eigenvalue weighted by Gasteiger charge is 2.27. The van der Waals surface area contributed by atoms with E-state index in [-0.39, 0.29) is 31.0 Å². The Morgan fingerprint density at radius 3 is 2.62 bits per heavy atom. The van der Waals surface area contributed by atoms with Crippen LogP contribution in [0.3, 0.4) is 0 Å². The quantitative estimate of drug-likeness (QED) is 0.863. The molecule has 26 heavy (non-hydrogen) atoms. The minimum Gasteiger partial charge on any atom is -0.492 e. The third kappa shape index (κ3) is 4.03. The largest absolute Gasteiger partial charge is 0.492 e. The van der Waals surface area contributed by atoms with Gasteiger partial charge >= 0.3 is 5.97 Å². The van der Waals surface area contributed by atoms with E-state index in [0.717, 1.165) is 5.56 Å². The van der Waals surface area contributed by atoms with Crippen molar-refractivity contribution in [2.75, 3.05) is 13.2 Å². The van der Waals surface area contributed by atoms with Crippen LogP contribution in [0.1, 0.15) is 17.5 Å². The van der Waals surface area contributed by atoms with Gasteiger partial charge in [-0.1, -0.05) is 12.1 Å². The van der Waals surface area contributed by atoms with Gasteiger partial charge in [0.25, 0.3) is 0 Å². The Morgan fingerprint density at radius 2 is 1.92 bits per heavy atom. The summed E-state index contributed by atoms with van der Waals surface area (Å²) in [5.41, 5.74) is 1.22. The summed E-state index contributed by atoms with van der Waals surface area (Å²) >= 11 is 0. The summed E-state index contributed by atoms with van der Waals surface area (Å²) in [6.45, 7) is 0.351. The summed E-state index contributed by atoms with van der Waals surface area (Å²) in [6.07, 6.45) is 0.317. The summed E-state index contributed by atoms with van der Waals surface area (Å²) in [5, 5.41) is 8.71. The van der Waals surface area contributed by atoms with Crippen molar-refractivity contribution in [1.29, 1.82) is 0 Å². The average Bonchev–Trinajstić information content (AvgIpc) is 2.82. The second-order valence-corrected chi connectivity index (χ2v) is 7.91. The number of halogens is 1. The second kappa shape index (κ2) is 7.43. The Bertz CT molecular complexity index is 912. The van der Waals surface area contributed by atoms with Crippen LogP contribution in [-0.2, 0) is 27.8 Å². The number of carboxylic acids is 1. The van der Waals surface area contributed by atoms with Gasteiger partial charge in [-0.25, -0.2) is 12.8 Å². The van der Waals surface area contributed by atoms with E-state index in [1.807, 2.05) is 0 Å². The normalized spacial score (nSPS) is 15.0. The number of aryl methyl sites for hydroxylation is 1. The first kappa shape index (κ1) is 18.3. The molecule has 2 aromatic rings. The molecule has 0 atom stereocenters. The predicted molar refractivity (Wildman–Crippen MR) is 91.9 cm³/mol. The maximum Gasteiger partial charge on any atom is 0.303 e. The predicted octanol–water partition coefficient (Wildman–Crippen LogP) is 2.43. The van der Waals surface area contributed by atoms with Crippen LogP contribution >= 0.6 is 0 Å². The number of aliphatic carboxylic acids is 1. The van der Waals surface area contributed by atoms with Gasteiger partial charge in [0.1, 0.15) is 18.2 Å². The van der Waals surface area contributed by atoms with E-state index in [1.165, 1.54) is 34.6 Å². The minimum absolute atomic E-state index is 0.0160. The fourth-order valence-electron chi connectivity index (χ4n) is 2.77. The molecular formula is C18H18FNO5S. The number of nitrogens with zero attached hydrogens (tertiary/aromatic N) is 1. The van der Waals surface area contributed by atoms with Gasteiger partial charge in [0.05, 0.1) is 4.90 Å². The number of hydrogen-bond acceptors (Lipinski definition) is 4. The summed E-state index contributed by atoms with van der Waals surface area (Å²) in [5.74, 6) is -0.875. The number of fused-ring (bicyclic) bond motifs is 1. The molecule has 1 N–H and O–H groups in total. The zero-order valence-corrected chi connectivity index (χ0v) is 14.7. The van der Waals surface area contributed by atoms with Crippen molar-refractivity contribution in [3.63, 3.8) is 0 Å². The van der Waals surface area contributed by atoms with Crippen LogP contribution in [0.2, 0.25) is 0 Å². The first-order chi connectivity index (χ1) is 12.4. The SMILES string of the molecule is O=C(O)CCc1ccc(S(=O)(=O)N2CCOc3ccc(F)cc3C2)cc1. The lowest BCUT2D eigenvalue weighted by atomic mass is 10.1. The first-order valence-electron chi connectivity index (χ1n) is 8.08. The molecule has 0 saturated carbocycles. The smallest absolute Gasteiger partial charge is 0.303 e. The van der Waals surface area contributed by atoms with E-state index in [9.17, 15) is 17.6 Å². The number of carboxylic acid groups (broad SMARTS) is 1. The number of carbonyl (C=O) groups is 1. The highest BCUT2D eigenvalue weighted by atomic mass is 32.2. The van der Waals surface area contributed by atoms with Crippen LogP contribution in [0.4, 0.5) is 4.39 Å². The monoisotopic (exact) mass is 379 g/mol. The summed E-state index contributed by atoms with van der Waals surface area (Å²) in [4.78, 5) is 10.7. The lowest BCUT2D eigenvalue weighted by Crippen LogP contribution is -2.32. The molecular weight excluding hydrogens is 361 g/mol. The standard InChI is InChI=1S/C18H18FNO5S/c19-15-4-7-17-14(11-15)12-20(9-10-25-17)26(23,24)16-5-1-13(2-6-16)3-8-18(21)22/h1-2,4-7,11H,3,8-10,12H2,(H,21,22). The van der Waals surface area contributed by atoms with Crippen molar-refractivity contribution in [2.45, 2.75) is 24.3 Å². The maximum atomic E-state index is 13.5. The molecule has 0 radical (unpaired) electrons. The van der Waals surface area contributed by atoms with Crippen LogP contribution in [0.5, 0.6) is 5.75 Å². The fourth-order valence-corrected chi connectivity index (χ4v) is 4.17. The zero-order valence-electron chi connectivity index (χ0n) is 13.9. The van der Waals surface area contributed by atoms with Gasteiger partial charge in [-0.3, -0.25) is 4.79 Å². The number of sulfonamides is 1. The van der Waals surface area contributed by atoms with Crippen LogP contribution in [-0.4, -0.2) is 37.0 Å². The molecule has 0 unspecified atom stereocenters. The maximum absolute atomic E-state index is 13.5. The Hall–Kier alpha value is -2.45. The molecule has 0 fully saturated rings. The Morgan fingerprint density at radius 1 is 1.19 bits per heavy atom. The summed E-state index contributed by atoms with van der Waals surface area (Å²) < 4.78 is 46.0. The van der Waals surface area contributed by atoms with Gasteiger partial charge in [0.2, 0.25) is 10.0 Å². The van der Waals surface area contributed by atoms with Gasteiger partial charge in [-0.15, -0.1) is 0 Å². The molecule has 1 aliphatic heterocycles. The minimum atomic E-state index is -3.77. The molecule has 8 heteroatoms. The Kier molecular flexibility index (Phi) is 5.24. The van der Waals surface area contributed by atoms with Crippen molar-refractivity contribution in [3.05, 3.63) is 59.4 Å². The van der Waals surface area contributed by atoms with Crippen LogP contribution in [0.15, 0.2) is 47.4 Å². The molecule has 0 aromatic heterocycles. The third-order valence-corrected chi connectivity index (χ3v) is 6.02. The summed E-state index contributed by atoms with van der Waals surface area (Å²) in [6, 6.07) is 10.2. The van der Waals surface area contributed by atoms with E-state index in [2.05, 4.69) is 0 Å². The van der Waals surface area contributed by atoms with Crippen LogP contribution in [0.25, 0.3) is 0 Å². The Labute approximate surface area is 150 Å². The molecule has 0 aliphatic carbocycles. The van der Waals surface area contributed by atoms with Crippen molar-refractivity contribution >= 4 is 16.0 Å². The first-order valence-corrected chi connectivity index (χ1v) is 9.52. The molecule has 0 amide bonds. The van der Waals surface area contributed by atoms with Gasteiger partial charge in [0, 0.05) is 25.1 Å². The molecule has 2 aromatic carbocycles. The van der Waals surface area contributed by atoms with Gasteiger partial charge in [-0.2, -0.15) is 4.31 Å². The van der Waals surface area contributed by atoms with E-state index < -0.39 is 21.8 Å². The number of benzene rings is 2. The third-order valence-electron chi connectivity index (χ3n) is 4.16. The molecule has 138 valence electrons. The highest BCUT2D eigenvalue weighted by molar-refractivity contribution is 7.89. The number of hydrogen-bond donors (Lipinski definition) is 1.